The molecule has 1 aromatic rings. The fourth-order valence-electron chi connectivity index (χ4n) is 2.22. The van der Waals surface area contributed by atoms with Crippen LogP contribution in [0.3, 0.4) is 0 Å². The van der Waals surface area contributed by atoms with E-state index in [4.69, 9.17) is 4.74 Å². The van der Waals surface area contributed by atoms with Gasteiger partial charge in [-0.15, -0.1) is 11.3 Å². The van der Waals surface area contributed by atoms with Crippen molar-refractivity contribution in [3.8, 4) is 0 Å². The van der Waals surface area contributed by atoms with E-state index in [1.807, 2.05) is 29.3 Å². The molecule has 0 bridgehead atoms. The van der Waals surface area contributed by atoms with Crippen LogP contribution in [-0.4, -0.2) is 56.2 Å². The van der Waals surface area contributed by atoms with Crippen molar-refractivity contribution in [2.75, 3.05) is 33.4 Å². The molecule has 2 heterocycles. The lowest BCUT2D eigenvalue weighted by Crippen LogP contribution is -2.49. The van der Waals surface area contributed by atoms with Crippen LogP contribution in [0.5, 0.6) is 0 Å². The molecule has 116 valence electrons. The number of esters is 1. The average molecular weight is 312 g/mol. The zero-order valence-corrected chi connectivity index (χ0v) is 13.0. The topological polar surface area (TPSA) is 67.9 Å². The summed E-state index contributed by atoms with van der Waals surface area (Å²) < 4.78 is 10.0. The van der Waals surface area contributed by atoms with Gasteiger partial charge in [0, 0.05) is 18.0 Å². The number of amides is 1. The maximum Gasteiger partial charge on any atom is 0.336 e. The van der Waals surface area contributed by atoms with Crippen LogP contribution < -0.4 is 5.32 Å². The number of methoxy groups -OCH3 is 1. The largest absolute Gasteiger partial charge is 0.467 e. The first kappa shape index (κ1) is 15.9. The van der Waals surface area contributed by atoms with Gasteiger partial charge in [-0.3, -0.25) is 9.69 Å². The highest BCUT2D eigenvalue weighted by Crippen LogP contribution is 2.18. The number of hydrogen-bond acceptors (Lipinski definition) is 6. The zero-order valence-electron chi connectivity index (χ0n) is 12.2. The summed E-state index contributed by atoms with van der Waals surface area (Å²) in [4.78, 5) is 26.5. The molecule has 1 aliphatic rings. The minimum atomic E-state index is -0.605. The van der Waals surface area contributed by atoms with Gasteiger partial charge in [0.2, 0.25) is 5.91 Å². The molecule has 1 saturated heterocycles. The second-order valence-electron chi connectivity index (χ2n) is 4.92. The van der Waals surface area contributed by atoms with Crippen LogP contribution in [0.4, 0.5) is 0 Å². The highest BCUT2D eigenvalue weighted by molar-refractivity contribution is 7.10. The molecule has 0 saturated carbocycles. The van der Waals surface area contributed by atoms with E-state index in [2.05, 4.69) is 10.1 Å². The molecule has 21 heavy (non-hydrogen) atoms. The number of morpholine rings is 1. The molecule has 0 aliphatic carbocycles. The van der Waals surface area contributed by atoms with E-state index in [-0.39, 0.29) is 18.5 Å². The first-order valence-corrected chi connectivity index (χ1v) is 7.72. The molecule has 1 aromatic heterocycles. The number of hydrogen-bond donors (Lipinski definition) is 1. The van der Waals surface area contributed by atoms with Gasteiger partial charge >= 0.3 is 5.97 Å². The highest BCUT2D eigenvalue weighted by Gasteiger charge is 2.28. The normalized spacial score (nSPS) is 20.8. The molecule has 2 rings (SSSR count). The number of carbonyl (C=O) groups is 2. The number of carbonyl (C=O) groups excluding carboxylic acids is 2. The van der Waals surface area contributed by atoms with Crippen molar-refractivity contribution in [1.29, 1.82) is 0 Å². The van der Waals surface area contributed by atoms with Crippen molar-refractivity contribution in [3.05, 3.63) is 22.4 Å². The van der Waals surface area contributed by atoms with Gasteiger partial charge in [0.1, 0.15) is 0 Å². The summed E-state index contributed by atoms with van der Waals surface area (Å²) in [5.74, 6) is -0.450. The lowest BCUT2D eigenvalue weighted by atomic mass is 10.2. The van der Waals surface area contributed by atoms with Gasteiger partial charge in [-0.05, 0) is 18.4 Å². The standard InChI is InChI=1S/C14H20N2O4S/c1-10(12-4-3-7-21-12)15-13(17)9-16-5-6-20-11(8-16)14(18)19-2/h3-4,7,10-11H,5-6,8-9H2,1-2H3,(H,15,17). The number of rotatable bonds is 5. The van der Waals surface area contributed by atoms with Crippen LogP contribution in [0.2, 0.25) is 0 Å². The summed E-state index contributed by atoms with van der Waals surface area (Å²) in [5.41, 5.74) is 0. The van der Waals surface area contributed by atoms with Gasteiger partial charge < -0.3 is 14.8 Å². The van der Waals surface area contributed by atoms with Crippen molar-refractivity contribution in [1.82, 2.24) is 10.2 Å². The van der Waals surface area contributed by atoms with Crippen LogP contribution in [0.15, 0.2) is 17.5 Å². The Balaban J connectivity index is 1.80. The highest BCUT2D eigenvalue weighted by atomic mass is 32.1. The van der Waals surface area contributed by atoms with E-state index < -0.39 is 12.1 Å². The fraction of sp³-hybridized carbons (Fsp3) is 0.571. The molecule has 0 radical (unpaired) electrons. The van der Waals surface area contributed by atoms with Crippen molar-refractivity contribution >= 4 is 23.2 Å². The van der Waals surface area contributed by atoms with Gasteiger partial charge in [-0.1, -0.05) is 6.07 Å². The Morgan fingerprint density at radius 3 is 3.10 bits per heavy atom. The van der Waals surface area contributed by atoms with Crippen molar-refractivity contribution < 1.29 is 19.1 Å². The van der Waals surface area contributed by atoms with Crippen LogP contribution in [-0.2, 0) is 19.1 Å². The molecule has 1 aliphatic heterocycles. The van der Waals surface area contributed by atoms with Crippen molar-refractivity contribution in [2.45, 2.75) is 19.1 Å². The minimum Gasteiger partial charge on any atom is -0.467 e. The Morgan fingerprint density at radius 2 is 2.43 bits per heavy atom. The Morgan fingerprint density at radius 1 is 1.62 bits per heavy atom. The molecule has 1 amide bonds. The third kappa shape index (κ3) is 4.52. The van der Waals surface area contributed by atoms with Gasteiger partial charge in [0.05, 0.1) is 26.3 Å². The summed E-state index contributed by atoms with van der Waals surface area (Å²) >= 11 is 1.62. The monoisotopic (exact) mass is 312 g/mol. The van der Waals surface area contributed by atoms with E-state index in [0.29, 0.717) is 19.7 Å². The summed E-state index contributed by atoms with van der Waals surface area (Å²) in [5, 5.41) is 4.95. The van der Waals surface area contributed by atoms with Crippen molar-refractivity contribution in [2.24, 2.45) is 0 Å². The first-order valence-electron chi connectivity index (χ1n) is 6.84. The van der Waals surface area contributed by atoms with E-state index in [1.54, 1.807) is 11.3 Å². The van der Waals surface area contributed by atoms with Crippen LogP contribution in [0, 0.1) is 0 Å². The number of ether oxygens (including phenoxy) is 2. The molecule has 1 fully saturated rings. The average Bonchev–Trinajstić information content (AvgIpc) is 3.00. The SMILES string of the molecule is COC(=O)C1CN(CC(=O)NC(C)c2cccs2)CCO1. The Labute approximate surface area is 128 Å². The zero-order chi connectivity index (χ0) is 15.2. The lowest BCUT2D eigenvalue weighted by molar-refractivity contribution is -0.160. The van der Waals surface area contributed by atoms with E-state index >= 15 is 0 Å². The maximum absolute atomic E-state index is 12.1. The van der Waals surface area contributed by atoms with E-state index in [1.165, 1.54) is 7.11 Å². The molecular formula is C14H20N2O4S. The quantitative estimate of drug-likeness (QED) is 0.815. The summed E-state index contributed by atoms with van der Waals surface area (Å²) in [6, 6.07) is 3.96. The van der Waals surface area contributed by atoms with Gasteiger partial charge in [0.25, 0.3) is 0 Å². The number of nitrogens with zero attached hydrogens (tertiary/aromatic N) is 1. The fourth-order valence-corrected chi connectivity index (χ4v) is 2.95. The predicted molar refractivity (Wildman–Crippen MR) is 79.1 cm³/mol. The molecular weight excluding hydrogens is 292 g/mol. The molecule has 6 nitrogen and oxygen atoms in total. The second-order valence-corrected chi connectivity index (χ2v) is 5.90. The first-order chi connectivity index (χ1) is 10.1. The molecule has 1 N–H and O–H groups in total. The lowest BCUT2D eigenvalue weighted by Gasteiger charge is -2.31. The van der Waals surface area contributed by atoms with Crippen LogP contribution in [0.1, 0.15) is 17.8 Å². The van der Waals surface area contributed by atoms with Crippen LogP contribution in [0.25, 0.3) is 0 Å². The van der Waals surface area contributed by atoms with Gasteiger partial charge in [-0.2, -0.15) is 0 Å². The number of nitrogens with one attached hydrogen (secondary N) is 1. The second kappa shape index (κ2) is 7.53. The molecule has 0 spiro atoms. The van der Waals surface area contributed by atoms with Gasteiger partial charge in [-0.25, -0.2) is 4.79 Å². The molecule has 7 heteroatoms. The summed E-state index contributed by atoms with van der Waals surface area (Å²) in [6.45, 7) is 3.65. The summed E-state index contributed by atoms with van der Waals surface area (Å²) in [7, 11) is 1.33. The number of thiophene rings is 1. The van der Waals surface area contributed by atoms with Crippen molar-refractivity contribution in [3.63, 3.8) is 0 Å². The molecule has 0 aromatic carbocycles. The van der Waals surface area contributed by atoms with Crippen LogP contribution >= 0.6 is 11.3 Å². The minimum absolute atomic E-state index is 0.00468. The van der Waals surface area contributed by atoms with Gasteiger partial charge in [0.15, 0.2) is 6.10 Å². The van der Waals surface area contributed by atoms with E-state index in [0.717, 1.165) is 4.88 Å². The summed E-state index contributed by atoms with van der Waals surface area (Å²) in [6.07, 6.45) is -0.605. The Bertz CT molecular complexity index is 477. The third-order valence-electron chi connectivity index (χ3n) is 3.33. The maximum atomic E-state index is 12.1. The third-order valence-corrected chi connectivity index (χ3v) is 4.38. The Kier molecular flexibility index (Phi) is 5.72. The predicted octanol–water partition coefficient (Wildman–Crippen LogP) is 0.799. The smallest absolute Gasteiger partial charge is 0.336 e. The molecule has 2 unspecified atom stereocenters. The Hall–Kier alpha value is -1.44. The van der Waals surface area contributed by atoms with E-state index in [9.17, 15) is 9.59 Å². The molecule has 2 atom stereocenters.